The lowest BCUT2D eigenvalue weighted by Crippen LogP contribution is -2.52. The van der Waals surface area contributed by atoms with Gasteiger partial charge < -0.3 is 20.1 Å². The molecular weight excluding hydrogens is 340 g/mol. The second-order valence-electron chi connectivity index (χ2n) is 8.33. The van der Waals surface area contributed by atoms with Gasteiger partial charge in [0, 0.05) is 19.1 Å². The number of hydrogen-bond donors (Lipinski definition) is 1. The second kappa shape index (κ2) is 8.19. The van der Waals surface area contributed by atoms with Crippen LogP contribution in [0.5, 0.6) is 5.75 Å². The molecule has 0 spiro atoms. The van der Waals surface area contributed by atoms with E-state index in [9.17, 15) is 4.79 Å². The molecule has 27 heavy (non-hydrogen) atoms. The predicted molar refractivity (Wildman–Crippen MR) is 105 cm³/mol. The van der Waals surface area contributed by atoms with Crippen molar-refractivity contribution >= 4 is 5.91 Å². The number of amides is 1. The van der Waals surface area contributed by atoms with Gasteiger partial charge in [0.05, 0.1) is 13.2 Å². The SMILES string of the molecule is COc1ccc2c(c1)CN(C(=O)[C@@H]1CC[C@H](CN)O1)C(C1CCCCC1)C2. The molecule has 1 aliphatic carbocycles. The van der Waals surface area contributed by atoms with Gasteiger partial charge in [-0.1, -0.05) is 25.3 Å². The molecule has 3 aliphatic rings. The van der Waals surface area contributed by atoms with E-state index in [1.54, 1.807) is 7.11 Å². The normalized spacial score (nSPS) is 28.8. The van der Waals surface area contributed by atoms with Crippen molar-refractivity contribution < 1.29 is 14.3 Å². The number of nitrogens with zero attached hydrogens (tertiary/aromatic N) is 1. The number of ether oxygens (including phenoxy) is 2. The number of rotatable bonds is 4. The largest absolute Gasteiger partial charge is 0.497 e. The fourth-order valence-corrected chi connectivity index (χ4v) is 5.14. The van der Waals surface area contributed by atoms with Crippen molar-refractivity contribution in [2.45, 2.75) is 76.2 Å². The Hall–Kier alpha value is -1.59. The first-order valence-electron chi connectivity index (χ1n) is 10.5. The summed E-state index contributed by atoms with van der Waals surface area (Å²) in [5, 5.41) is 0. The highest BCUT2D eigenvalue weighted by molar-refractivity contribution is 5.82. The van der Waals surface area contributed by atoms with Gasteiger partial charge in [-0.3, -0.25) is 4.79 Å². The summed E-state index contributed by atoms with van der Waals surface area (Å²) in [6.45, 7) is 1.16. The molecule has 2 heterocycles. The molecule has 1 unspecified atom stereocenters. The van der Waals surface area contributed by atoms with Gasteiger partial charge in [0.1, 0.15) is 11.9 Å². The first-order valence-corrected chi connectivity index (χ1v) is 10.5. The molecule has 1 saturated heterocycles. The standard InChI is InChI=1S/C22H32N2O3/c1-26-18-8-7-16-12-20(15-5-3-2-4-6-15)24(14-17(16)11-18)22(25)21-10-9-19(13-23)27-21/h7-8,11,15,19-21H,2-6,9-10,12-14,23H2,1H3/t19-,20?,21+/m1/s1. The van der Waals surface area contributed by atoms with Crippen LogP contribution in [-0.4, -0.2) is 42.7 Å². The van der Waals surface area contributed by atoms with Crippen molar-refractivity contribution in [1.82, 2.24) is 4.90 Å². The van der Waals surface area contributed by atoms with Crippen LogP contribution >= 0.6 is 0 Å². The van der Waals surface area contributed by atoms with Gasteiger partial charge in [-0.2, -0.15) is 0 Å². The minimum atomic E-state index is -0.322. The Labute approximate surface area is 162 Å². The Kier molecular flexibility index (Phi) is 5.69. The topological polar surface area (TPSA) is 64.8 Å². The fourth-order valence-electron chi connectivity index (χ4n) is 5.14. The molecule has 3 atom stereocenters. The van der Waals surface area contributed by atoms with Gasteiger partial charge in [0.25, 0.3) is 5.91 Å². The van der Waals surface area contributed by atoms with E-state index in [4.69, 9.17) is 15.2 Å². The third-order valence-electron chi connectivity index (χ3n) is 6.71. The van der Waals surface area contributed by atoms with Crippen LogP contribution in [0.15, 0.2) is 18.2 Å². The second-order valence-corrected chi connectivity index (χ2v) is 8.33. The highest BCUT2D eigenvalue weighted by atomic mass is 16.5. The van der Waals surface area contributed by atoms with E-state index in [2.05, 4.69) is 17.0 Å². The Balaban J connectivity index is 1.59. The lowest BCUT2D eigenvalue weighted by Gasteiger charge is -2.43. The van der Waals surface area contributed by atoms with E-state index < -0.39 is 0 Å². The van der Waals surface area contributed by atoms with Gasteiger partial charge in [-0.15, -0.1) is 0 Å². The van der Waals surface area contributed by atoms with Crippen LogP contribution < -0.4 is 10.5 Å². The van der Waals surface area contributed by atoms with Gasteiger partial charge in [0.2, 0.25) is 0 Å². The number of carbonyl (C=O) groups excluding carboxylic acids is 1. The number of hydrogen-bond acceptors (Lipinski definition) is 4. The van der Waals surface area contributed by atoms with Crippen molar-refractivity contribution in [2.24, 2.45) is 11.7 Å². The summed E-state index contributed by atoms with van der Waals surface area (Å²) in [7, 11) is 1.69. The number of benzene rings is 1. The molecule has 1 saturated carbocycles. The van der Waals surface area contributed by atoms with Crippen LogP contribution in [0.3, 0.4) is 0 Å². The van der Waals surface area contributed by atoms with E-state index >= 15 is 0 Å². The summed E-state index contributed by atoms with van der Waals surface area (Å²) >= 11 is 0. The van der Waals surface area contributed by atoms with Crippen LogP contribution in [0.4, 0.5) is 0 Å². The summed E-state index contributed by atoms with van der Waals surface area (Å²) in [6, 6.07) is 6.60. The van der Waals surface area contributed by atoms with Gasteiger partial charge in [0.15, 0.2) is 0 Å². The molecule has 5 heteroatoms. The maximum atomic E-state index is 13.4. The maximum absolute atomic E-state index is 13.4. The van der Waals surface area contributed by atoms with Crippen LogP contribution in [0.1, 0.15) is 56.1 Å². The van der Waals surface area contributed by atoms with Crippen molar-refractivity contribution in [1.29, 1.82) is 0 Å². The minimum Gasteiger partial charge on any atom is -0.497 e. The van der Waals surface area contributed by atoms with E-state index in [1.807, 2.05) is 6.07 Å². The van der Waals surface area contributed by atoms with Gasteiger partial charge >= 0.3 is 0 Å². The quantitative estimate of drug-likeness (QED) is 0.882. The number of carbonyl (C=O) groups is 1. The highest BCUT2D eigenvalue weighted by Crippen LogP contribution is 2.37. The van der Waals surface area contributed by atoms with E-state index in [0.29, 0.717) is 25.0 Å². The monoisotopic (exact) mass is 372 g/mol. The minimum absolute atomic E-state index is 0.0317. The lowest BCUT2D eigenvalue weighted by atomic mass is 9.78. The Morgan fingerprint density at radius 3 is 2.70 bits per heavy atom. The van der Waals surface area contributed by atoms with Crippen LogP contribution in [0.2, 0.25) is 0 Å². The van der Waals surface area contributed by atoms with Crippen molar-refractivity contribution in [3.8, 4) is 5.75 Å². The molecule has 148 valence electrons. The zero-order valence-electron chi connectivity index (χ0n) is 16.4. The van der Waals surface area contributed by atoms with Crippen LogP contribution in [0.25, 0.3) is 0 Å². The molecule has 5 nitrogen and oxygen atoms in total. The molecule has 0 bridgehead atoms. The molecule has 1 aromatic rings. The third kappa shape index (κ3) is 3.85. The zero-order chi connectivity index (χ0) is 18.8. The number of methoxy groups -OCH3 is 1. The predicted octanol–water partition coefficient (Wildman–Crippen LogP) is 3.04. The molecule has 0 radical (unpaired) electrons. The molecule has 1 amide bonds. The molecular formula is C22H32N2O3. The Morgan fingerprint density at radius 2 is 2.00 bits per heavy atom. The molecule has 2 N–H and O–H groups in total. The Bertz CT molecular complexity index is 672. The van der Waals surface area contributed by atoms with Crippen molar-refractivity contribution in [2.75, 3.05) is 13.7 Å². The van der Waals surface area contributed by atoms with Crippen molar-refractivity contribution in [3.63, 3.8) is 0 Å². The number of fused-ring (bicyclic) bond motifs is 1. The van der Waals surface area contributed by atoms with E-state index in [0.717, 1.165) is 25.0 Å². The summed E-state index contributed by atoms with van der Waals surface area (Å²) in [5.74, 6) is 1.62. The first kappa shape index (κ1) is 18.8. The molecule has 1 aromatic carbocycles. The number of nitrogens with two attached hydrogens (primary N) is 1. The fraction of sp³-hybridized carbons (Fsp3) is 0.682. The molecule has 2 aliphatic heterocycles. The van der Waals surface area contributed by atoms with E-state index in [-0.39, 0.29) is 18.1 Å². The third-order valence-corrected chi connectivity index (χ3v) is 6.71. The summed E-state index contributed by atoms with van der Waals surface area (Å²) in [6.07, 6.45) is 8.70. The maximum Gasteiger partial charge on any atom is 0.252 e. The molecule has 4 rings (SSSR count). The van der Waals surface area contributed by atoms with Crippen LogP contribution in [0, 0.1) is 5.92 Å². The smallest absolute Gasteiger partial charge is 0.252 e. The molecule has 0 aromatic heterocycles. The highest BCUT2D eigenvalue weighted by Gasteiger charge is 2.40. The van der Waals surface area contributed by atoms with Gasteiger partial charge in [-0.05, 0) is 61.3 Å². The Morgan fingerprint density at radius 1 is 1.19 bits per heavy atom. The first-order chi connectivity index (χ1) is 13.2. The van der Waals surface area contributed by atoms with Gasteiger partial charge in [-0.25, -0.2) is 0 Å². The zero-order valence-corrected chi connectivity index (χ0v) is 16.4. The van der Waals surface area contributed by atoms with Crippen LogP contribution in [-0.2, 0) is 22.5 Å². The average Bonchev–Trinajstić information content (AvgIpc) is 3.22. The molecule has 2 fully saturated rings. The van der Waals surface area contributed by atoms with Crippen molar-refractivity contribution in [3.05, 3.63) is 29.3 Å². The lowest BCUT2D eigenvalue weighted by molar-refractivity contribution is -0.148. The van der Waals surface area contributed by atoms with E-state index in [1.165, 1.54) is 43.2 Å². The summed E-state index contributed by atoms with van der Waals surface area (Å²) in [5.41, 5.74) is 8.32. The summed E-state index contributed by atoms with van der Waals surface area (Å²) in [4.78, 5) is 15.5. The average molecular weight is 373 g/mol. The summed E-state index contributed by atoms with van der Waals surface area (Å²) < 4.78 is 11.4.